The van der Waals surface area contributed by atoms with Crippen LogP contribution in [0.2, 0.25) is 0 Å². The Morgan fingerprint density at radius 3 is 0.879 bits per heavy atom. The van der Waals surface area contributed by atoms with Crippen LogP contribution in [0.3, 0.4) is 0 Å². The molecule has 0 aliphatic heterocycles. The molecule has 2 aliphatic rings. The van der Waals surface area contributed by atoms with Crippen molar-refractivity contribution < 1.29 is 0 Å². The average molecular weight is 1510 g/mol. The van der Waals surface area contributed by atoms with E-state index in [0.29, 0.717) is 0 Å². The lowest BCUT2D eigenvalue weighted by molar-refractivity contribution is 0.769. The van der Waals surface area contributed by atoms with E-state index in [1.165, 1.54) is 140 Å². The second-order valence-corrected chi connectivity index (χ2v) is 33.0. The monoisotopic (exact) mass is 1510 g/mol. The maximum Gasteiger partial charge on any atom is 0.0713 e. The van der Waals surface area contributed by atoms with Crippen LogP contribution in [0.1, 0.15) is 55.6 Å². The summed E-state index contributed by atoms with van der Waals surface area (Å²) in [5.41, 5.74) is 34.9. The van der Waals surface area contributed by atoms with Crippen LogP contribution in [0.5, 0.6) is 0 Å². The van der Waals surface area contributed by atoms with Gasteiger partial charge in [0.1, 0.15) is 0 Å². The summed E-state index contributed by atoms with van der Waals surface area (Å²) in [7, 11) is 0. The molecule has 116 heavy (non-hydrogen) atoms. The fourth-order valence-corrected chi connectivity index (χ4v) is 22.0. The van der Waals surface area contributed by atoms with Crippen LogP contribution in [0.25, 0.3) is 118 Å². The highest BCUT2D eigenvalue weighted by atomic mass is 32.1. The van der Waals surface area contributed by atoms with Crippen molar-refractivity contribution in [2.75, 3.05) is 9.80 Å². The molecule has 0 unspecified atom stereocenters. The van der Waals surface area contributed by atoms with E-state index in [4.69, 9.17) is 0 Å². The third-order valence-corrected chi connectivity index (χ3v) is 27.2. The van der Waals surface area contributed by atoms with E-state index in [0.717, 1.165) is 67.5 Å². The zero-order valence-electron chi connectivity index (χ0n) is 64.1. The number of anilines is 6. The van der Waals surface area contributed by atoms with Crippen molar-refractivity contribution >= 4 is 97.1 Å². The number of hydrogen-bond donors (Lipinski definition) is 0. The van der Waals surface area contributed by atoms with Crippen LogP contribution in [0, 0.1) is 13.8 Å². The van der Waals surface area contributed by atoms with Crippen LogP contribution in [0.15, 0.2) is 425 Å². The van der Waals surface area contributed by atoms with Crippen molar-refractivity contribution in [3.8, 4) is 77.9 Å². The lowest BCUT2D eigenvalue weighted by Gasteiger charge is -2.34. The van der Waals surface area contributed by atoms with Gasteiger partial charge < -0.3 is 9.80 Å². The van der Waals surface area contributed by atoms with E-state index in [9.17, 15) is 0 Å². The molecule has 0 saturated carbocycles. The fraction of sp³-hybridized carbons (Fsp3) is 0.0357. The SMILES string of the molecule is Cc1cc(-c2ccc(N(c3ccc(-c4ccc5c(c4)C(c4ccccc4)(c4ccccc4)c4ccccc4-5)cc3)c3ccccc3-c3cccc4c3sc3ccccc34)c(C)c2)ccc1N(c1ccc(-c2ccc3c(c2)C(c2ccccc2)(c2ccccc2)c2ccccc2-3)cc1)c1ccccc1-c1cccc2c1sc1ccccc12. The van der Waals surface area contributed by atoms with Gasteiger partial charge in [-0.2, -0.15) is 0 Å². The molecule has 0 fully saturated rings. The summed E-state index contributed by atoms with van der Waals surface area (Å²) in [5, 5.41) is 5.13. The first-order valence-electron chi connectivity index (χ1n) is 40.1. The van der Waals surface area contributed by atoms with Crippen LogP contribution in [-0.2, 0) is 10.8 Å². The Labute approximate surface area is 684 Å². The molecular formula is C112H76N2S2. The molecule has 0 atom stereocenters. The van der Waals surface area contributed by atoms with Crippen molar-refractivity contribution in [3.63, 3.8) is 0 Å². The zero-order chi connectivity index (χ0) is 77.0. The molecule has 4 heteroatoms. The first-order valence-corrected chi connectivity index (χ1v) is 41.7. The molecule has 22 rings (SSSR count). The standard InChI is InChI=1S/C112H76N2S2/c1-73-69-77(59-67-103(73)113(105-49-23-17-39-91(105)95-43-27-45-97-93-41-19-25-51-107(93)115-109(95)97)85-61-53-75(54-62-85)79-57-65-89-87-37-15-21-47-99(87)111(101(89)71-79,81-29-7-3-8-30-81)82-31-9-4-10-32-82)78-60-68-104(74(2)70-78)114(106-50-24-18-40-92(106)96-44-28-46-98-94-42-20-26-52-108(94)116-110(96)98)86-63-55-76(56-64-86)80-58-66-90-88-38-16-22-48-100(88)112(102(90)72-80,83-33-11-5-12-34-83)84-35-13-6-14-36-84/h3-72H,1-2H3. The first-order chi connectivity index (χ1) is 57.4. The maximum atomic E-state index is 2.50. The minimum absolute atomic E-state index is 0.508. The molecule has 0 radical (unpaired) electrons. The largest absolute Gasteiger partial charge is 0.310 e. The third-order valence-electron chi connectivity index (χ3n) is 24.7. The van der Waals surface area contributed by atoms with E-state index in [-0.39, 0.29) is 0 Å². The van der Waals surface area contributed by atoms with Gasteiger partial charge in [0.2, 0.25) is 0 Å². The highest BCUT2D eigenvalue weighted by Crippen LogP contribution is 2.60. The van der Waals surface area contributed by atoms with Crippen molar-refractivity contribution in [2.24, 2.45) is 0 Å². The van der Waals surface area contributed by atoms with E-state index in [2.05, 4.69) is 448 Å². The van der Waals surface area contributed by atoms with Gasteiger partial charge in [0.05, 0.1) is 22.2 Å². The van der Waals surface area contributed by atoms with Crippen molar-refractivity contribution in [1.29, 1.82) is 0 Å². The number of fused-ring (bicyclic) bond motifs is 12. The number of thiophene rings is 2. The quantitative estimate of drug-likeness (QED) is 0.101. The number of aryl methyl sites for hydroxylation is 2. The fourth-order valence-electron chi connectivity index (χ4n) is 19.6. The number of para-hydroxylation sites is 2. The minimum Gasteiger partial charge on any atom is -0.310 e. The summed E-state index contributed by atoms with van der Waals surface area (Å²) in [5.74, 6) is 0. The highest BCUT2D eigenvalue weighted by Gasteiger charge is 2.48. The Balaban J connectivity index is 0.659. The molecule has 18 aromatic carbocycles. The van der Waals surface area contributed by atoms with E-state index in [1.807, 2.05) is 22.7 Å². The summed E-state index contributed by atoms with van der Waals surface area (Å²) >= 11 is 3.76. The molecule has 0 saturated heterocycles. The van der Waals surface area contributed by atoms with Gasteiger partial charge in [-0.05, 0) is 210 Å². The molecule has 2 aliphatic carbocycles. The highest BCUT2D eigenvalue weighted by molar-refractivity contribution is 7.26. The second kappa shape index (κ2) is 28.0. The van der Waals surface area contributed by atoms with Crippen LogP contribution in [0.4, 0.5) is 34.1 Å². The van der Waals surface area contributed by atoms with Crippen molar-refractivity contribution in [1.82, 2.24) is 0 Å². The number of nitrogens with zero attached hydrogens (tertiary/aromatic N) is 2. The molecular weight excluding hydrogens is 1440 g/mol. The summed E-state index contributed by atoms with van der Waals surface area (Å²) in [6, 6.07) is 159. The van der Waals surface area contributed by atoms with Gasteiger partial charge in [0.25, 0.3) is 0 Å². The molecule has 0 N–H and O–H groups in total. The summed E-state index contributed by atoms with van der Waals surface area (Å²) in [6.45, 7) is 4.57. The maximum absolute atomic E-state index is 2.50. The normalized spacial score (nSPS) is 12.9. The lowest BCUT2D eigenvalue weighted by atomic mass is 9.67. The van der Waals surface area contributed by atoms with Gasteiger partial charge in [0, 0.05) is 85.3 Å². The molecule has 2 aromatic heterocycles. The second-order valence-electron chi connectivity index (χ2n) is 30.9. The predicted octanol–water partition coefficient (Wildman–Crippen LogP) is 31.0. The van der Waals surface area contributed by atoms with Crippen molar-refractivity contribution in [3.05, 3.63) is 480 Å². The molecule has 0 amide bonds. The van der Waals surface area contributed by atoms with Gasteiger partial charge in [0.15, 0.2) is 0 Å². The molecule has 2 heterocycles. The number of rotatable bonds is 15. The van der Waals surface area contributed by atoms with Crippen molar-refractivity contribution in [2.45, 2.75) is 24.7 Å². The van der Waals surface area contributed by atoms with Gasteiger partial charge in [-0.25, -0.2) is 0 Å². The molecule has 0 bridgehead atoms. The van der Waals surface area contributed by atoms with Gasteiger partial charge in [-0.15, -0.1) is 22.7 Å². The van der Waals surface area contributed by atoms with Crippen LogP contribution in [-0.4, -0.2) is 0 Å². The summed E-state index contributed by atoms with van der Waals surface area (Å²) < 4.78 is 5.14. The van der Waals surface area contributed by atoms with Crippen LogP contribution < -0.4 is 9.80 Å². The van der Waals surface area contributed by atoms with E-state index in [1.54, 1.807) is 0 Å². The number of benzene rings is 18. The first kappa shape index (κ1) is 68.8. The average Bonchev–Trinajstić information content (AvgIpc) is 1.54. The Morgan fingerprint density at radius 2 is 0.491 bits per heavy atom. The Bertz CT molecular complexity index is 6710. The van der Waals surface area contributed by atoms with E-state index >= 15 is 0 Å². The van der Waals surface area contributed by atoms with Crippen LogP contribution >= 0.6 is 22.7 Å². The molecule has 0 spiro atoms. The Kier molecular flexibility index (Phi) is 16.6. The summed E-state index contributed by atoms with van der Waals surface area (Å²) in [4.78, 5) is 5.00. The predicted molar refractivity (Wildman–Crippen MR) is 493 cm³/mol. The Hall–Kier alpha value is -14.0. The minimum atomic E-state index is -0.508. The van der Waals surface area contributed by atoms with Gasteiger partial charge >= 0.3 is 0 Å². The lowest BCUT2D eigenvalue weighted by Crippen LogP contribution is -2.28. The summed E-state index contributed by atoms with van der Waals surface area (Å²) in [6.07, 6.45) is 0. The molecule has 546 valence electrons. The van der Waals surface area contributed by atoms with Gasteiger partial charge in [-0.1, -0.05) is 340 Å². The van der Waals surface area contributed by atoms with E-state index < -0.39 is 10.8 Å². The zero-order valence-corrected chi connectivity index (χ0v) is 65.8. The Morgan fingerprint density at radius 1 is 0.198 bits per heavy atom. The van der Waals surface area contributed by atoms with Gasteiger partial charge in [-0.3, -0.25) is 0 Å². The topological polar surface area (TPSA) is 6.48 Å². The number of hydrogen-bond acceptors (Lipinski definition) is 4. The molecule has 20 aromatic rings. The molecule has 2 nitrogen and oxygen atoms in total. The smallest absolute Gasteiger partial charge is 0.0713 e. The third kappa shape index (κ3) is 10.9.